The molecule has 2 heterocycles. The van der Waals surface area contributed by atoms with Crippen LogP contribution < -0.4 is 10.6 Å². The first-order chi connectivity index (χ1) is 9.61. The van der Waals surface area contributed by atoms with Gasteiger partial charge < -0.3 is 15.4 Å². The number of ether oxygens (including phenoxy) is 1. The average molecular weight is 296 g/mol. The Bertz CT molecular complexity index is 447. The van der Waals surface area contributed by atoms with Crippen molar-refractivity contribution in [1.29, 1.82) is 0 Å². The summed E-state index contributed by atoms with van der Waals surface area (Å²) in [6.45, 7) is 8.32. The van der Waals surface area contributed by atoms with E-state index in [1.54, 1.807) is 11.3 Å². The van der Waals surface area contributed by atoms with E-state index in [0.717, 1.165) is 13.0 Å². The molecular formula is C15H24N2O2S. The molecular weight excluding hydrogens is 272 g/mol. The minimum Gasteiger partial charge on any atom is -0.379 e. The van der Waals surface area contributed by atoms with Gasteiger partial charge in [-0.05, 0) is 38.9 Å². The predicted octanol–water partition coefficient (Wildman–Crippen LogP) is 2.25. The van der Waals surface area contributed by atoms with Gasteiger partial charge in [-0.1, -0.05) is 6.92 Å². The third-order valence-corrected chi connectivity index (χ3v) is 4.80. The average Bonchev–Trinajstić information content (AvgIpc) is 3.04. The first-order valence-electron chi connectivity index (χ1n) is 7.29. The lowest BCUT2D eigenvalue weighted by Crippen LogP contribution is -2.44. The number of hydrogen-bond acceptors (Lipinski definition) is 4. The van der Waals surface area contributed by atoms with Gasteiger partial charge >= 0.3 is 0 Å². The molecule has 3 atom stereocenters. The van der Waals surface area contributed by atoms with E-state index >= 15 is 0 Å². The molecule has 1 aromatic rings. The molecule has 112 valence electrons. The minimum absolute atomic E-state index is 0.0635. The van der Waals surface area contributed by atoms with Gasteiger partial charge in [0.2, 0.25) is 5.91 Å². The van der Waals surface area contributed by atoms with Crippen LogP contribution in [0.15, 0.2) is 12.1 Å². The van der Waals surface area contributed by atoms with Gasteiger partial charge in [-0.25, -0.2) is 0 Å². The van der Waals surface area contributed by atoms with Crippen molar-refractivity contribution in [1.82, 2.24) is 10.6 Å². The molecule has 2 rings (SSSR count). The molecule has 1 aromatic heterocycles. The molecule has 1 saturated heterocycles. The maximum Gasteiger partial charge on any atom is 0.227 e. The lowest BCUT2D eigenvalue weighted by Gasteiger charge is -2.20. The van der Waals surface area contributed by atoms with Gasteiger partial charge in [0.15, 0.2) is 0 Å². The van der Waals surface area contributed by atoms with E-state index in [9.17, 15) is 4.79 Å². The Balaban J connectivity index is 1.90. The fourth-order valence-corrected chi connectivity index (χ4v) is 3.30. The van der Waals surface area contributed by atoms with Gasteiger partial charge in [-0.2, -0.15) is 0 Å². The zero-order valence-corrected chi connectivity index (χ0v) is 13.3. The van der Waals surface area contributed by atoms with E-state index in [0.29, 0.717) is 13.2 Å². The van der Waals surface area contributed by atoms with E-state index < -0.39 is 0 Å². The van der Waals surface area contributed by atoms with Crippen LogP contribution in [0.4, 0.5) is 0 Å². The molecule has 0 spiro atoms. The van der Waals surface area contributed by atoms with Gasteiger partial charge in [0.25, 0.3) is 0 Å². The Hall–Kier alpha value is -0.910. The van der Waals surface area contributed by atoms with Crippen LogP contribution in [-0.2, 0) is 9.53 Å². The number of aryl methyl sites for hydroxylation is 1. The molecule has 0 saturated carbocycles. The summed E-state index contributed by atoms with van der Waals surface area (Å²) < 4.78 is 5.46. The molecule has 2 N–H and O–H groups in total. The number of hydrogen-bond donors (Lipinski definition) is 2. The van der Waals surface area contributed by atoms with E-state index in [2.05, 4.69) is 36.6 Å². The van der Waals surface area contributed by atoms with E-state index in [4.69, 9.17) is 4.74 Å². The quantitative estimate of drug-likeness (QED) is 0.846. The molecule has 1 fully saturated rings. The van der Waals surface area contributed by atoms with Crippen molar-refractivity contribution < 1.29 is 9.53 Å². The highest BCUT2D eigenvalue weighted by atomic mass is 32.1. The standard InChI is InChI=1S/C15H24N2O2S/c1-4-7-16-13-9-19-8-12(13)15(18)17-11(3)14-6-5-10(2)20-14/h5-6,11-13,16H,4,7-9H2,1-3H3,(H,17,18). The molecule has 0 bridgehead atoms. The van der Waals surface area contributed by atoms with E-state index in [-0.39, 0.29) is 23.9 Å². The van der Waals surface area contributed by atoms with Crippen molar-refractivity contribution in [3.05, 3.63) is 21.9 Å². The zero-order valence-electron chi connectivity index (χ0n) is 12.4. The number of carbonyl (C=O) groups is 1. The maximum absolute atomic E-state index is 12.4. The number of rotatable bonds is 6. The molecule has 0 aromatic carbocycles. The summed E-state index contributed by atoms with van der Waals surface area (Å²) in [5.74, 6) is 0.0136. The van der Waals surface area contributed by atoms with Gasteiger partial charge in [-0.3, -0.25) is 4.79 Å². The highest BCUT2D eigenvalue weighted by Gasteiger charge is 2.34. The second-order valence-electron chi connectivity index (χ2n) is 5.38. The third kappa shape index (κ3) is 3.81. The van der Waals surface area contributed by atoms with Crippen LogP contribution in [-0.4, -0.2) is 31.7 Å². The van der Waals surface area contributed by atoms with Crippen molar-refractivity contribution in [2.75, 3.05) is 19.8 Å². The van der Waals surface area contributed by atoms with Crippen LogP contribution >= 0.6 is 11.3 Å². The number of carbonyl (C=O) groups excluding carboxylic acids is 1. The van der Waals surface area contributed by atoms with Gasteiger partial charge in [0, 0.05) is 15.8 Å². The lowest BCUT2D eigenvalue weighted by molar-refractivity contribution is -0.126. The highest BCUT2D eigenvalue weighted by molar-refractivity contribution is 7.12. The summed E-state index contributed by atoms with van der Waals surface area (Å²) in [5.41, 5.74) is 0. The van der Waals surface area contributed by atoms with Crippen LogP contribution in [0.2, 0.25) is 0 Å². The van der Waals surface area contributed by atoms with Crippen molar-refractivity contribution in [2.45, 2.75) is 39.3 Å². The SMILES string of the molecule is CCCNC1COCC1C(=O)NC(C)c1ccc(C)s1. The Morgan fingerprint density at radius 3 is 2.95 bits per heavy atom. The second-order valence-corrected chi connectivity index (χ2v) is 6.70. The molecule has 3 unspecified atom stereocenters. The van der Waals surface area contributed by atoms with Crippen LogP contribution in [0.3, 0.4) is 0 Å². The summed E-state index contributed by atoms with van der Waals surface area (Å²) in [4.78, 5) is 14.9. The summed E-state index contributed by atoms with van der Waals surface area (Å²) in [6, 6.07) is 4.39. The second kappa shape index (κ2) is 7.20. The normalized spacial score (nSPS) is 23.8. The summed E-state index contributed by atoms with van der Waals surface area (Å²) in [7, 11) is 0. The predicted molar refractivity (Wildman–Crippen MR) is 82.0 cm³/mol. The van der Waals surface area contributed by atoms with Crippen LogP contribution in [0.25, 0.3) is 0 Å². The van der Waals surface area contributed by atoms with Crippen LogP contribution in [0.5, 0.6) is 0 Å². The zero-order chi connectivity index (χ0) is 14.5. The Morgan fingerprint density at radius 1 is 1.50 bits per heavy atom. The molecule has 1 aliphatic rings. The largest absolute Gasteiger partial charge is 0.379 e. The van der Waals surface area contributed by atoms with Crippen molar-refractivity contribution in [3.8, 4) is 0 Å². The van der Waals surface area contributed by atoms with Crippen LogP contribution in [0, 0.1) is 12.8 Å². The van der Waals surface area contributed by atoms with Crippen molar-refractivity contribution in [2.24, 2.45) is 5.92 Å². The third-order valence-electron chi connectivity index (χ3n) is 3.62. The maximum atomic E-state index is 12.4. The first-order valence-corrected chi connectivity index (χ1v) is 8.11. The molecule has 20 heavy (non-hydrogen) atoms. The van der Waals surface area contributed by atoms with Gasteiger partial charge in [0.05, 0.1) is 25.2 Å². The Morgan fingerprint density at radius 2 is 2.30 bits per heavy atom. The van der Waals surface area contributed by atoms with Crippen molar-refractivity contribution >= 4 is 17.2 Å². The highest BCUT2D eigenvalue weighted by Crippen LogP contribution is 2.23. The molecule has 0 radical (unpaired) electrons. The first kappa shape index (κ1) is 15.5. The fraction of sp³-hybridized carbons (Fsp3) is 0.667. The topological polar surface area (TPSA) is 50.4 Å². The summed E-state index contributed by atoms with van der Waals surface area (Å²) in [6.07, 6.45) is 1.07. The Labute approximate surface area is 124 Å². The monoisotopic (exact) mass is 296 g/mol. The van der Waals surface area contributed by atoms with Crippen molar-refractivity contribution in [3.63, 3.8) is 0 Å². The number of amides is 1. The van der Waals surface area contributed by atoms with Gasteiger partial charge in [0.1, 0.15) is 0 Å². The molecule has 0 aliphatic carbocycles. The van der Waals surface area contributed by atoms with E-state index in [1.807, 2.05) is 6.92 Å². The number of nitrogens with one attached hydrogen (secondary N) is 2. The minimum atomic E-state index is -0.0786. The van der Waals surface area contributed by atoms with Crippen LogP contribution in [0.1, 0.15) is 36.1 Å². The smallest absolute Gasteiger partial charge is 0.227 e. The molecule has 4 nitrogen and oxygen atoms in total. The molecule has 1 amide bonds. The fourth-order valence-electron chi connectivity index (χ4n) is 2.42. The Kier molecular flexibility index (Phi) is 5.57. The molecule has 5 heteroatoms. The molecule has 1 aliphatic heterocycles. The van der Waals surface area contributed by atoms with Gasteiger partial charge in [-0.15, -0.1) is 11.3 Å². The number of thiophene rings is 1. The van der Waals surface area contributed by atoms with E-state index in [1.165, 1.54) is 9.75 Å². The summed E-state index contributed by atoms with van der Waals surface area (Å²) in [5, 5.41) is 6.51. The summed E-state index contributed by atoms with van der Waals surface area (Å²) >= 11 is 1.73. The lowest BCUT2D eigenvalue weighted by atomic mass is 10.0.